The van der Waals surface area contributed by atoms with Crippen LogP contribution in [0, 0.1) is 17.1 Å². The zero-order valence-corrected chi connectivity index (χ0v) is 22.4. The van der Waals surface area contributed by atoms with Crippen LogP contribution in [0.4, 0.5) is 9.18 Å². The van der Waals surface area contributed by atoms with E-state index in [0.29, 0.717) is 22.1 Å². The Balaban J connectivity index is 1.67. The average Bonchev–Trinajstić information content (AvgIpc) is 3.21. The second-order valence-corrected chi connectivity index (χ2v) is 9.79. The molecule has 12 heteroatoms. The van der Waals surface area contributed by atoms with Crippen LogP contribution in [-0.2, 0) is 11.2 Å². The van der Waals surface area contributed by atoms with Crippen molar-refractivity contribution in [1.82, 2.24) is 24.9 Å². The van der Waals surface area contributed by atoms with Crippen molar-refractivity contribution < 1.29 is 18.7 Å². The first kappa shape index (κ1) is 26.5. The van der Waals surface area contributed by atoms with Crippen molar-refractivity contribution in [3.63, 3.8) is 0 Å². The predicted octanol–water partition coefficient (Wildman–Crippen LogP) is 5.57. The quantitative estimate of drug-likeness (QED) is 0.276. The fraction of sp³-hybridized carbons (Fsp3) is 0.240. The molecule has 0 spiro atoms. The molecule has 2 heterocycles. The minimum Gasteiger partial charge on any atom is -0.453 e. The summed E-state index contributed by atoms with van der Waals surface area (Å²) in [6, 6.07) is 11.3. The summed E-state index contributed by atoms with van der Waals surface area (Å²) in [6.45, 7) is 2.30. The Morgan fingerprint density at radius 1 is 1.30 bits per heavy atom. The highest BCUT2D eigenvalue weighted by molar-refractivity contribution is 9.10. The standard InChI is InChI=1S/C25H21BrClFN6O3/c1-14(13-33(2)3)36-25(35)34-24-19(6-7-30-31-24)21(32-34)10-16-4-5-20(26)23(22(16)28)37-18-9-15(12-29)8-17(27)11-18/h4-9,11,14H,10,13H2,1-3H3. The Hall–Kier alpha value is -3.59. The van der Waals surface area contributed by atoms with Crippen LogP contribution in [0.1, 0.15) is 23.7 Å². The van der Waals surface area contributed by atoms with Crippen LogP contribution in [0.3, 0.4) is 0 Å². The van der Waals surface area contributed by atoms with Gasteiger partial charge in [0.25, 0.3) is 0 Å². The van der Waals surface area contributed by atoms with Crippen molar-refractivity contribution in [2.45, 2.75) is 19.4 Å². The van der Waals surface area contributed by atoms with Gasteiger partial charge in [0.05, 0.1) is 28.0 Å². The average molecular weight is 588 g/mol. The molecule has 9 nitrogen and oxygen atoms in total. The van der Waals surface area contributed by atoms with Crippen LogP contribution in [0.5, 0.6) is 11.5 Å². The number of halogens is 3. The van der Waals surface area contributed by atoms with Gasteiger partial charge in [-0.15, -0.1) is 9.78 Å². The first-order valence-electron chi connectivity index (χ1n) is 11.1. The van der Waals surface area contributed by atoms with Gasteiger partial charge in [0, 0.05) is 23.4 Å². The van der Waals surface area contributed by atoms with Crippen molar-refractivity contribution in [3.05, 3.63) is 74.7 Å². The molecule has 0 saturated carbocycles. The number of hydrogen-bond donors (Lipinski definition) is 0. The van der Waals surface area contributed by atoms with Gasteiger partial charge in [-0.25, -0.2) is 9.18 Å². The molecule has 37 heavy (non-hydrogen) atoms. The first-order valence-corrected chi connectivity index (χ1v) is 12.2. The van der Waals surface area contributed by atoms with E-state index in [1.54, 1.807) is 25.1 Å². The van der Waals surface area contributed by atoms with Crippen molar-refractivity contribution >= 4 is 44.7 Å². The Bertz CT molecular complexity index is 1520. The Kier molecular flexibility index (Phi) is 8.02. The number of benzene rings is 2. The Morgan fingerprint density at radius 3 is 2.81 bits per heavy atom. The number of fused-ring (bicyclic) bond motifs is 1. The number of carbonyl (C=O) groups excluding carboxylic acids is 1. The van der Waals surface area contributed by atoms with E-state index in [2.05, 4.69) is 31.2 Å². The van der Waals surface area contributed by atoms with Crippen LogP contribution in [-0.4, -0.2) is 57.7 Å². The van der Waals surface area contributed by atoms with Crippen molar-refractivity contribution in [3.8, 4) is 17.6 Å². The van der Waals surface area contributed by atoms with Crippen LogP contribution in [0.25, 0.3) is 11.0 Å². The SMILES string of the molecule is CC(CN(C)C)OC(=O)n1nc(Cc2ccc(Br)c(Oc3cc(Cl)cc(C#N)c3)c2F)c2ccnnc21. The molecule has 2 aromatic carbocycles. The molecule has 0 amide bonds. The second kappa shape index (κ2) is 11.2. The van der Waals surface area contributed by atoms with E-state index in [0.717, 1.165) is 4.68 Å². The summed E-state index contributed by atoms with van der Waals surface area (Å²) in [6.07, 6.45) is 0.402. The minimum absolute atomic E-state index is 0.0319. The van der Waals surface area contributed by atoms with E-state index in [9.17, 15) is 10.1 Å². The molecule has 190 valence electrons. The molecule has 0 radical (unpaired) electrons. The van der Waals surface area contributed by atoms with Gasteiger partial charge >= 0.3 is 6.09 Å². The summed E-state index contributed by atoms with van der Waals surface area (Å²) in [7, 11) is 3.74. The maximum absolute atomic E-state index is 15.6. The van der Waals surface area contributed by atoms with Gasteiger partial charge in [-0.05, 0) is 72.8 Å². The number of nitriles is 1. The number of likely N-dealkylation sites (N-methyl/N-ethyl adjacent to an activating group) is 1. The zero-order valence-electron chi connectivity index (χ0n) is 20.1. The fourth-order valence-electron chi connectivity index (χ4n) is 3.75. The highest BCUT2D eigenvalue weighted by atomic mass is 79.9. The lowest BCUT2D eigenvalue weighted by molar-refractivity contribution is 0.0902. The number of carbonyl (C=O) groups is 1. The lowest BCUT2D eigenvalue weighted by atomic mass is 10.1. The Labute approximate surface area is 225 Å². The molecule has 0 aliphatic carbocycles. The summed E-state index contributed by atoms with van der Waals surface area (Å²) in [4.78, 5) is 14.7. The van der Waals surface area contributed by atoms with E-state index in [1.807, 2.05) is 25.1 Å². The molecule has 1 unspecified atom stereocenters. The molecule has 0 aliphatic heterocycles. The van der Waals surface area contributed by atoms with Gasteiger partial charge < -0.3 is 14.4 Å². The van der Waals surface area contributed by atoms with Gasteiger partial charge in [0.1, 0.15) is 11.9 Å². The first-order chi connectivity index (χ1) is 17.7. The van der Waals surface area contributed by atoms with E-state index in [-0.39, 0.29) is 39.7 Å². The van der Waals surface area contributed by atoms with Crippen LogP contribution >= 0.6 is 27.5 Å². The molecule has 0 N–H and O–H groups in total. The van der Waals surface area contributed by atoms with Crippen molar-refractivity contribution in [2.24, 2.45) is 0 Å². The molecule has 1 atom stereocenters. The summed E-state index contributed by atoms with van der Waals surface area (Å²) in [5.41, 5.74) is 1.15. The van der Waals surface area contributed by atoms with Crippen molar-refractivity contribution in [2.75, 3.05) is 20.6 Å². The summed E-state index contributed by atoms with van der Waals surface area (Å²) < 4.78 is 28.3. The van der Waals surface area contributed by atoms with E-state index >= 15 is 4.39 Å². The monoisotopic (exact) mass is 586 g/mol. The van der Waals surface area contributed by atoms with Gasteiger partial charge in [-0.2, -0.15) is 15.5 Å². The normalized spacial score (nSPS) is 11.9. The van der Waals surface area contributed by atoms with Gasteiger partial charge in [0.2, 0.25) is 0 Å². The molecule has 2 aromatic heterocycles. The zero-order chi connectivity index (χ0) is 26.7. The number of aromatic nitrogens is 4. The van der Waals surface area contributed by atoms with Gasteiger partial charge in [0.15, 0.2) is 17.2 Å². The minimum atomic E-state index is -0.708. The lowest BCUT2D eigenvalue weighted by Crippen LogP contribution is -2.30. The predicted molar refractivity (Wildman–Crippen MR) is 138 cm³/mol. The van der Waals surface area contributed by atoms with E-state index < -0.39 is 18.0 Å². The topological polar surface area (TPSA) is 106 Å². The van der Waals surface area contributed by atoms with Crippen LogP contribution < -0.4 is 4.74 Å². The maximum Gasteiger partial charge on any atom is 0.437 e. The summed E-state index contributed by atoms with van der Waals surface area (Å²) in [5.74, 6) is -0.510. The second-order valence-electron chi connectivity index (χ2n) is 8.50. The van der Waals surface area contributed by atoms with Crippen LogP contribution in [0.15, 0.2) is 47.1 Å². The lowest BCUT2D eigenvalue weighted by Gasteiger charge is -2.17. The molecular weight excluding hydrogens is 567 g/mol. The number of ether oxygens (including phenoxy) is 2. The third-order valence-electron chi connectivity index (χ3n) is 5.24. The molecule has 0 saturated heterocycles. The third kappa shape index (κ3) is 6.05. The fourth-order valence-corrected chi connectivity index (χ4v) is 4.36. The van der Waals surface area contributed by atoms with Crippen molar-refractivity contribution in [1.29, 1.82) is 5.26 Å². The van der Waals surface area contributed by atoms with Crippen LogP contribution in [0.2, 0.25) is 5.02 Å². The molecule has 4 aromatic rings. The highest BCUT2D eigenvalue weighted by Crippen LogP contribution is 2.36. The molecular formula is C25H21BrClFN6O3. The maximum atomic E-state index is 15.6. The molecule has 0 fully saturated rings. The summed E-state index contributed by atoms with van der Waals surface area (Å²) >= 11 is 9.37. The number of rotatable bonds is 7. The Morgan fingerprint density at radius 2 is 2.08 bits per heavy atom. The number of hydrogen-bond acceptors (Lipinski definition) is 8. The largest absolute Gasteiger partial charge is 0.453 e. The smallest absolute Gasteiger partial charge is 0.437 e. The van der Waals surface area contributed by atoms with E-state index in [1.165, 1.54) is 24.4 Å². The highest BCUT2D eigenvalue weighted by Gasteiger charge is 2.23. The molecule has 0 aliphatic rings. The van der Waals surface area contributed by atoms with Gasteiger partial charge in [-0.1, -0.05) is 17.7 Å². The molecule has 4 rings (SSSR count). The summed E-state index contributed by atoms with van der Waals surface area (Å²) in [5, 5.41) is 22.3. The van der Waals surface area contributed by atoms with E-state index in [4.69, 9.17) is 21.1 Å². The van der Waals surface area contributed by atoms with Gasteiger partial charge in [-0.3, -0.25) is 0 Å². The number of nitrogens with zero attached hydrogens (tertiary/aromatic N) is 6. The third-order valence-corrected chi connectivity index (χ3v) is 6.08. The molecule has 0 bridgehead atoms.